The first kappa shape index (κ1) is 18.6. The van der Waals surface area contributed by atoms with Crippen molar-refractivity contribution in [2.45, 2.75) is 45.4 Å². The third kappa shape index (κ3) is 2.81. The van der Waals surface area contributed by atoms with Crippen molar-refractivity contribution >= 4 is 17.8 Å². The molecule has 27 heavy (non-hydrogen) atoms. The lowest BCUT2D eigenvalue weighted by Gasteiger charge is -2.44. The lowest BCUT2D eigenvalue weighted by atomic mass is 9.65. The molecular formula is C20H32N4O3. The van der Waals surface area contributed by atoms with Crippen LogP contribution in [0.1, 0.15) is 45.4 Å². The van der Waals surface area contributed by atoms with Crippen molar-refractivity contribution in [3.05, 3.63) is 0 Å². The summed E-state index contributed by atoms with van der Waals surface area (Å²) in [5.41, 5.74) is -0.310. The summed E-state index contributed by atoms with van der Waals surface area (Å²) >= 11 is 0. The van der Waals surface area contributed by atoms with Crippen LogP contribution in [0, 0.1) is 16.7 Å². The van der Waals surface area contributed by atoms with Crippen LogP contribution in [0.5, 0.6) is 0 Å². The SMILES string of the molecule is CNC(=O)N1CCC2(CC1)CC[C@@]1(C(=O)N3CCCC3)CN(C(C)=O)C[C@@H]21. The van der Waals surface area contributed by atoms with Gasteiger partial charge in [0.05, 0.1) is 5.41 Å². The van der Waals surface area contributed by atoms with Crippen molar-refractivity contribution in [3.63, 3.8) is 0 Å². The molecule has 4 fully saturated rings. The fraction of sp³-hybridized carbons (Fsp3) is 0.850. The van der Waals surface area contributed by atoms with Gasteiger partial charge in [0.1, 0.15) is 0 Å². The number of hydrogen-bond acceptors (Lipinski definition) is 3. The first-order valence-corrected chi connectivity index (χ1v) is 10.4. The highest BCUT2D eigenvalue weighted by atomic mass is 16.2. The van der Waals surface area contributed by atoms with Crippen molar-refractivity contribution < 1.29 is 14.4 Å². The number of fused-ring (bicyclic) bond motifs is 2. The molecule has 2 atom stereocenters. The van der Waals surface area contributed by atoms with Gasteiger partial charge in [0.2, 0.25) is 11.8 Å². The van der Waals surface area contributed by atoms with Crippen molar-refractivity contribution in [1.82, 2.24) is 20.0 Å². The summed E-state index contributed by atoms with van der Waals surface area (Å²) in [6, 6.07) is -0.0148. The van der Waals surface area contributed by atoms with Gasteiger partial charge in [0, 0.05) is 53.2 Å². The van der Waals surface area contributed by atoms with E-state index < -0.39 is 5.41 Å². The monoisotopic (exact) mass is 376 g/mol. The second-order valence-corrected chi connectivity index (χ2v) is 9.01. The van der Waals surface area contributed by atoms with Crippen molar-refractivity contribution in [2.75, 3.05) is 46.3 Å². The Hall–Kier alpha value is -1.79. The minimum Gasteiger partial charge on any atom is -0.342 e. The minimum absolute atomic E-state index is 0.0148. The molecule has 1 saturated carbocycles. The minimum atomic E-state index is -0.398. The largest absolute Gasteiger partial charge is 0.342 e. The van der Waals surface area contributed by atoms with Gasteiger partial charge in [-0.1, -0.05) is 0 Å². The molecule has 0 aromatic heterocycles. The molecule has 4 aliphatic rings. The van der Waals surface area contributed by atoms with Crippen LogP contribution in [0.25, 0.3) is 0 Å². The maximum Gasteiger partial charge on any atom is 0.317 e. The van der Waals surface area contributed by atoms with E-state index in [9.17, 15) is 14.4 Å². The average Bonchev–Trinajstić information content (AvgIpc) is 3.39. The Bertz CT molecular complexity index is 637. The van der Waals surface area contributed by atoms with Gasteiger partial charge in [-0.15, -0.1) is 0 Å². The predicted molar refractivity (Wildman–Crippen MR) is 101 cm³/mol. The number of piperidine rings is 1. The van der Waals surface area contributed by atoms with Gasteiger partial charge in [-0.2, -0.15) is 0 Å². The molecule has 7 nitrogen and oxygen atoms in total. The van der Waals surface area contributed by atoms with Gasteiger partial charge < -0.3 is 20.0 Å². The molecular weight excluding hydrogens is 344 g/mol. The third-order valence-electron chi connectivity index (χ3n) is 7.88. The quantitative estimate of drug-likeness (QED) is 0.749. The fourth-order valence-corrected chi connectivity index (χ4v) is 6.30. The van der Waals surface area contributed by atoms with Gasteiger partial charge in [0.25, 0.3) is 0 Å². The summed E-state index contributed by atoms with van der Waals surface area (Å²) in [6.45, 7) is 6.12. The van der Waals surface area contributed by atoms with Gasteiger partial charge in [0.15, 0.2) is 0 Å². The van der Waals surface area contributed by atoms with E-state index in [0.29, 0.717) is 19.0 Å². The van der Waals surface area contributed by atoms with Crippen LogP contribution in [0.3, 0.4) is 0 Å². The van der Waals surface area contributed by atoms with Gasteiger partial charge in [-0.3, -0.25) is 9.59 Å². The average molecular weight is 377 g/mol. The van der Waals surface area contributed by atoms with Crippen molar-refractivity contribution in [1.29, 1.82) is 0 Å². The number of rotatable bonds is 1. The zero-order chi connectivity index (χ0) is 19.2. The van der Waals surface area contributed by atoms with Crippen LogP contribution in [-0.4, -0.2) is 78.9 Å². The van der Waals surface area contributed by atoms with E-state index in [1.807, 2.05) is 9.80 Å². The molecule has 1 aliphatic carbocycles. The van der Waals surface area contributed by atoms with E-state index in [2.05, 4.69) is 10.2 Å². The highest BCUT2D eigenvalue weighted by molar-refractivity contribution is 5.86. The number of nitrogens with zero attached hydrogens (tertiary/aromatic N) is 3. The van der Waals surface area contributed by atoms with Crippen LogP contribution < -0.4 is 5.32 Å². The molecule has 0 radical (unpaired) electrons. The number of carbonyl (C=O) groups is 3. The number of nitrogens with one attached hydrogen (secondary N) is 1. The zero-order valence-corrected chi connectivity index (χ0v) is 16.6. The molecule has 3 heterocycles. The lowest BCUT2D eigenvalue weighted by Crippen LogP contribution is -2.51. The molecule has 0 aromatic carbocycles. The Morgan fingerprint density at radius 2 is 1.56 bits per heavy atom. The van der Waals surface area contributed by atoms with Gasteiger partial charge in [-0.05, 0) is 49.9 Å². The second-order valence-electron chi connectivity index (χ2n) is 9.01. The van der Waals surface area contributed by atoms with Gasteiger partial charge >= 0.3 is 6.03 Å². The standard InChI is InChI=1S/C20H32N4O3/c1-15(25)24-13-16-19(7-11-23(12-8-19)18(27)21-2)5-6-20(16,14-24)17(26)22-9-3-4-10-22/h16H,3-14H2,1-2H3,(H,21,27)/t16-,20+/m0/s1. The highest BCUT2D eigenvalue weighted by Gasteiger charge is 2.65. The predicted octanol–water partition coefficient (Wildman–Crippen LogP) is 1.29. The molecule has 4 rings (SSSR count). The third-order valence-corrected chi connectivity index (χ3v) is 7.88. The summed E-state index contributed by atoms with van der Waals surface area (Å²) < 4.78 is 0. The van der Waals surface area contributed by atoms with Gasteiger partial charge in [-0.25, -0.2) is 4.79 Å². The first-order chi connectivity index (χ1) is 12.9. The van der Waals surface area contributed by atoms with Crippen LogP contribution in [-0.2, 0) is 9.59 Å². The fourth-order valence-electron chi connectivity index (χ4n) is 6.30. The number of urea groups is 1. The molecule has 1 spiro atoms. The maximum atomic E-state index is 13.6. The number of carbonyl (C=O) groups excluding carboxylic acids is 3. The smallest absolute Gasteiger partial charge is 0.317 e. The maximum absolute atomic E-state index is 13.6. The van der Waals surface area contributed by atoms with E-state index in [4.69, 9.17) is 0 Å². The van der Waals surface area contributed by atoms with Crippen LogP contribution in [0.2, 0.25) is 0 Å². The Kier molecular flexibility index (Phi) is 4.59. The summed E-state index contributed by atoms with van der Waals surface area (Å²) in [6.07, 6.45) is 5.99. The summed E-state index contributed by atoms with van der Waals surface area (Å²) in [4.78, 5) is 43.6. The van der Waals surface area contributed by atoms with E-state index in [1.165, 1.54) is 0 Å². The second kappa shape index (κ2) is 6.67. The molecule has 3 aliphatic heterocycles. The molecule has 1 N–H and O–H groups in total. The van der Waals surface area contributed by atoms with Crippen molar-refractivity contribution in [2.24, 2.45) is 16.7 Å². The summed E-state index contributed by atoms with van der Waals surface area (Å²) in [5.74, 6) is 0.601. The van der Waals surface area contributed by atoms with Crippen molar-refractivity contribution in [3.8, 4) is 0 Å². The molecule has 0 aromatic rings. The number of amides is 4. The first-order valence-electron chi connectivity index (χ1n) is 10.4. The van der Waals surface area contributed by atoms with E-state index in [-0.39, 0.29) is 23.3 Å². The highest BCUT2D eigenvalue weighted by Crippen LogP contribution is 2.62. The number of hydrogen-bond donors (Lipinski definition) is 1. The molecule has 4 amide bonds. The van der Waals surface area contributed by atoms with Crippen LogP contribution >= 0.6 is 0 Å². The molecule has 150 valence electrons. The van der Waals surface area contributed by atoms with E-state index in [1.54, 1.807) is 14.0 Å². The Balaban J connectivity index is 1.59. The molecule has 0 unspecified atom stereocenters. The Morgan fingerprint density at radius 1 is 0.889 bits per heavy atom. The van der Waals surface area contributed by atoms with E-state index >= 15 is 0 Å². The summed E-state index contributed by atoms with van der Waals surface area (Å²) in [5, 5.41) is 2.72. The van der Waals surface area contributed by atoms with Crippen LogP contribution in [0.15, 0.2) is 0 Å². The molecule has 3 saturated heterocycles. The normalized spacial score (nSPS) is 32.1. The number of likely N-dealkylation sites (tertiary alicyclic amines) is 3. The topological polar surface area (TPSA) is 73.0 Å². The molecule has 7 heteroatoms. The Morgan fingerprint density at radius 3 is 2.15 bits per heavy atom. The van der Waals surface area contributed by atoms with Crippen LogP contribution in [0.4, 0.5) is 4.79 Å². The zero-order valence-electron chi connectivity index (χ0n) is 16.6. The van der Waals surface area contributed by atoms with E-state index in [0.717, 1.165) is 64.7 Å². The molecule has 0 bridgehead atoms. The Labute approximate surface area is 161 Å². The summed E-state index contributed by atoms with van der Waals surface area (Å²) in [7, 11) is 1.67. The lowest BCUT2D eigenvalue weighted by molar-refractivity contribution is -0.143.